The van der Waals surface area contributed by atoms with E-state index >= 15 is 0 Å². The molecule has 182 valence electrons. The Balaban J connectivity index is 1.42. The molecule has 0 aliphatic carbocycles. The Labute approximate surface area is 212 Å². The smallest absolute Gasteiger partial charge is 0.280 e. The molecule has 12 heteroatoms. The molecule has 0 saturated carbocycles. The number of anilines is 1. The van der Waals surface area contributed by atoms with Crippen molar-refractivity contribution in [2.45, 2.75) is 13.0 Å². The first-order valence-electron chi connectivity index (χ1n) is 10.5. The Kier molecular flexibility index (Phi) is 6.38. The van der Waals surface area contributed by atoms with Crippen LogP contribution < -0.4 is 5.32 Å². The number of aromatic nitrogens is 5. The van der Waals surface area contributed by atoms with Gasteiger partial charge in [-0.3, -0.25) is 9.48 Å². The average Bonchev–Trinajstić information content (AvgIpc) is 3.48. The van der Waals surface area contributed by atoms with Gasteiger partial charge in [0.2, 0.25) is 0 Å². The maximum atomic E-state index is 13.8. The fraction of sp³-hybridized carbons (Fsp3) is 0.0833. The van der Waals surface area contributed by atoms with Crippen LogP contribution in [0.4, 0.5) is 18.9 Å². The van der Waals surface area contributed by atoms with Gasteiger partial charge in [0.05, 0.1) is 40.4 Å². The number of nitrogens with one attached hydrogen (secondary N) is 1. The molecule has 36 heavy (non-hydrogen) atoms. The van der Waals surface area contributed by atoms with Gasteiger partial charge in [0, 0.05) is 11.8 Å². The standard InChI is InChI=1S/C24H15Cl2F3N6O/c25-18-6-1-13(7-19(18)26)11-34-12-16(9-30-34)32-24(36)17-10-31-35-21(22(28)29)8-20(33-23(17)35)14-2-4-15(27)5-3-14/h1-10,12,22H,11H2,(H,32,36). The van der Waals surface area contributed by atoms with Gasteiger partial charge in [0.15, 0.2) is 5.65 Å². The number of amides is 1. The molecule has 1 N–H and O–H groups in total. The second-order valence-electron chi connectivity index (χ2n) is 7.80. The molecule has 5 aromatic rings. The second kappa shape index (κ2) is 9.63. The number of alkyl halides is 2. The van der Waals surface area contributed by atoms with Crippen molar-refractivity contribution in [2.75, 3.05) is 5.32 Å². The van der Waals surface area contributed by atoms with Crippen molar-refractivity contribution >= 4 is 40.4 Å². The third-order valence-electron chi connectivity index (χ3n) is 5.33. The number of fused-ring (bicyclic) bond motifs is 1. The van der Waals surface area contributed by atoms with E-state index < -0.39 is 23.8 Å². The van der Waals surface area contributed by atoms with Crippen LogP contribution in [-0.2, 0) is 6.54 Å². The molecule has 0 fully saturated rings. The molecule has 0 bridgehead atoms. The van der Waals surface area contributed by atoms with Gasteiger partial charge in [-0.2, -0.15) is 10.2 Å². The van der Waals surface area contributed by atoms with Gasteiger partial charge in [0.25, 0.3) is 12.3 Å². The first-order chi connectivity index (χ1) is 17.3. The van der Waals surface area contributed by atoms with Crippen molar-refractivity contribution in [1.29, 1.82) is 0 Å². The summed E-state index contributed by atoms with van der Waals surface area (Å²) < 4.78 is 43.4. The molecule has 1 amide bonds. The van der Waals surface area contributed by atoms with Gasteiger partial charge in [-0.05, 0) is 48.0 Å². The zero-order valence-electron chi connectivity index (χ0n) is 18.2. The van der Waals surface area contributed by atoms with Crippen molar-refractivity contribution in [2.24, 2.45) is 0 Å². The molecular formula is C24H15Cl2F3N6O. The van der Waals surface area contributed by atoms with E-state index in [0.29, 0.717) is 27.8 Å². The van der Waals surface area contributed by atoms with Gasteiger partial charge in [-0.15, -0.1) is 0 Å². The number of rotatable bonds is 6. The number of halogens is 5. The Bertz CT molecular complexity index is 1580. The molecular weight excluding hydrogens is 516 g/mol. The summed E-state index contributed by atoms with van der Waals surface area (Å²) in [5.74, 6) is -1.08. The van der Waals surface area contributed by atoms with Crippen LogP contribution in [0.15, 0.2) is 67.1 Å². The van der Waals surface area contributed by atoms with Crippen LogP contribution in [0.2, 0.25) is 10.0 Å². The van der Waals surface area contributed by atoms with Gasteiger partial charge in [-0.25, -0.2) is 22.7 Å². The normalized spacial score (nSPS) is 11.4. The zero-order chi connectivity index (χ0) is 25.4. The number of carbonyl (C=O) groups is 1. The average molecular weight is 531 g/mol. The van der Waals surface area contributed by atoms with E-state index in [1.165, 1.54) is 30.5 Å². The van der Waals surface area contributed by atoms with Crippen molar-refractivity contribution in [1.82, 2.24) is 24.4 Å². The molecule has 0 unspecified atom stereocenters. The lowest BCUT2D eigenvalue weighted by molar-refractivity contribution is 0.102. The minimum atomic E-state index is -2.88. The molecule has 0 aliphatic rings. The third-order valence-corrected chi connectivity index (χ3v) is 6.07. The molecule has 0 radical (unpaired) electrons. The van der Waals surface area contributed by atoms with Crippen molar-refractivity contribution < 1.29 is 18.0 Å². The van der Waals surface area contributed by atoms with E-state index in [0.717, 1.165) is 22.3 Å². The summed E-state index contributed by atoms with van der Waals surface area (Å²) in [5.41, 5.74) is 1.27. The number of nitrogens with zero attached hydrogens (tertiary/aromatic N) is 5. The van der Waals surface area contributed by atoms with Crippen LogP contribution in [-0.4, -0.2) is 30.3 Å². The topological polar surface area (TPSA) is 77.1 Å². The lowest BCUT2D eigenvalue weighted by Gasteiger charge is -2.08. The van der Waals surface area contributed by atoms with Crippen LogP contribution in [0, 0.1) is 5.82 Å². The number of hydrogen-bond acceptors (Lipinski definition) is 4. The van der Waals surface area contributed by atoms with Gasteiger partial charge < -0.3 is 5.32 Å². The molecule has 0 atom stereocenters. The monoisotopic (exact) mass is 530 g/mol. The fourth-order valence-electron chi connectivity index (χ4n) is 3.61. The Morgan fingerprint density at radius 2 is 1.78 bits per heavy atom. The predicted octanol–water partition coefficient (Wildman–Crippen LogP) is 6.28. The Morgan fingerprint density at radius 1 is 1.00 bits per heavy atom. The lowest BCUT2D eigenvalue weighted by atomic mass is 10.1. The lowest BCUT2D eigenvalue weighted by Crippen LogP contribution is -2.12. The van der Waals surface area contributed by atoms with Crippen LogP contribution in [0.3, 0.4) is 0 Å². The quantitative estimate of drug-likeness (QED) is 0.280. The predicted molar refractivity (Wildman–Crippen MR) is 129 cm³/mol. The Hall–Kier alpha value is -3.89. The molecule has 3 heterocycles. The van der Waals surface area contributed by atoms with Crippen LogP contribution in [0.1, 0.15) is 28.0 Å². The first kappa shape index (κ1) is 23.8. The summed E-state index contributed by atoms with van der Waals surface area (Å²) in [6.45, 7) is 0.379. The van der Waals surface area contributed by atoms with Crippen molar-refractivity contribution in [3.63, 3.8) is 0 Å². The maximum Gasteiger partial charge on any atom is 0.280 e. The summed E-state index contributed by atoms with van der Waals surface area (Å²) >= 11 is 12.0. The van der Waals surface area contributed by atoms with Crippen LogP contribution >= 0.6 is 23.2 Å². The van der Waals surface area contributed by atoms with Gasteiger partial charge >= 0.3 is 0 Å². The summed E-state index contributed by atoms with van der Waals surface area (Å²) in [7, 11) is 0. The van der Waals surface area contributed by atoms with Crippen molar-refractivity contribution in [3.05, 3.63) is 99.8 Å². The highest BCUT2D eigenvalue weighted by Crippen LogP contribution is 2.27. The van der Waals surface area contributed by atoms with Gasteiger partial charge in [0.1, 0.15) is 17.1 Å². The molecule has 5 rings (SSSR count). The summed E-state index contributed by atoms with van der Waals surface area (Å²) in [6.07, 6.45) is 1.33. The molecule has 0 aliphatic heterocycles. The van der Waals surface area contributed by atoms with E-state index in [-0.39, 0.29) is 16.9 Å². The fourth-order valence-corrected chi connectivity index (χ4v) is 3.93. The summed E-state index contributed by atoms with van der Waals surface area (Å²) in [6, 6.07) is 11.6. The number of benzene rings is 2. The number of carbonyl (C=O) groups excluding carboxylic acids is 1. The minimum absolute atomic E-state index is 0.0157. The van der Waals surface area contributed by atoms with E-state index in [4.69, 9.17) is 23.2 Å². The summed E-state index contributed by atoms with van der Waals surface area (Å²) in [5, 5.41) is 11.7. The van der Waals surface area contributed by atoms with E-state index in [1.807, 2.05) is 0 Å². The number of hydrogen-bond donors (Lipinski definition) is 1. The Morgan fingerprint density at radius 3 is 2.50 bits per heavy atom. The first-order valence-corrected chi connectivity index (χ1v) is 11.2. The molecule has 0 spiro atoms. The molecule has 2 aromatic carbocycles. The molecule has 7 nitrogen and oxygen atoms in total. The van der Waals surface area contributed by atoms with E-state index in [1.54, 1.807) is 29.1 Å². The highest BCUT2D eigenvalue weighted by atomic mass is 35.5. The van der Waals surface area contributed by atoms with E-state index in [9.17, 15) is 18.0 Å². The zero-order valence-corrected chi connectivity index (χ0v) is 19.7. The van der Waals surface area contributed by atoms with Crippen LogP contribution in [0.5, 0.6) is 0 Å². The van der Waals surface area contributed by atoms with Gasteiger partial charge in [-0.1, -0.05) is 29.3 Å². The molecule has 0 saturated heterocycles. The van der Waals surface area contributed by atoms with Crippen molar-refractivity contribution in [3.8, 4) is 11.3 Å². The second-order valence-corrected chi connectivity index (χ2v) is 8.61. The molecule has 3 aromatic heterocycles. The SMILES string of the molecule is O=C(Nc1cnn(Cc2ccc(Cl)c(Cl)c2)c1)c1cnn2c(C(F)F)cc(-c3ccc(F)cc3)nc12. The highest BCUT2D eigenvalue weighted by molar-refractivity contribution is 6.42. The highest BCUT2D eigenvalue weighted by Gasteiger charge is 2.22. The van der Waals surface area contributed by atoms with E-state index in [2.05, 4.69) is 20.5 Å². The summed E-state index contributed by atoms with van der Waals surface area (Å²) in [4.78, 5) is 17.4. The minimum Gasteiger partial charge on any atom is -0.319 e. The van der Waals surface area contributed by atoms with Crippen LogP contribution in [0.25, 0.3) is 16.9 Å². The third kappa shape index (κ3) is 4.77. The largest absolute Gasteiger partial charge is 0.319 e. The maximum absolute atomic E-state index is 13.8.